The average molecular weight is 219 g/mol. The van der Waals surface area contributed by atoms with Crippen LogP contribution in [0, 0.1) is 5.82 Å². The minimum Gasteiger partial charge on any atom is -0.439 e. The SMILES string of the molecule is OCc1cc(F)cnc1Oc1ccccc1. The van der Waals surface area contributed by atoms with Gasteiger partial charge in [-0.05, 0) is 18.2 Å². The van der Waals surface area contributed by atoms with E-state index in [2.05, 4.69) is 4.98 Å². The molecule has 1 N–H and O–H groups in total. The quantitative estimate of drug-likeness (QED) is 0.862. The van der Waals surface area contributed by atoms with Gasteiger partial charge < -0.3 is 9.84 Å². The van der Waals surface area contributed by atoms with Gasteiger partial charge in [0.05, 0.1) is 12.8 Å². The number of hydrogen-bond acceptors (Lipinski definition) is 3. The molecule has 2 aromatic rings. The minimum absolute atomic E-state index is 0.218. The van der Waals surface area contributed by atoms with Crippen LogP contribution in [0.4, 0.5) is 4.39 Å². The number of aromatic nitrogens is 1. The molecule has 82 valence electrons. The maximum Gasteiger partial charge on any atom is 0.224 e. The van der Waals surface area contributed by atoms with Gasteiger partial charge in [-0.2, -0.15) is 0 Å². The molecule has 0 radical (unpaired) electrons. The molecular formula is C12H10FNO2. The highest BCUT2D eigenvalue weighted by atomic mass is 19.1. The van der Waals surface area contributed by atoms with E-state index >= 15 is 0 Å². The van der Waals surface area contributed by atoms with Crippen LogP contribution in [0.25, 0.3) is 0 Å². The summed E-state index contributed by atoms with van der Waals surface area (Å²) in [7, 11) is 0. The summed E-state index contributed by atoms with van der Waals surface area (Å²) < 4.78 is 18.3. The van der Waals surface area contributed by atoms with Gasteiger partial charge in [0.15, 0.2) is 0 Å². The van der Waals surface area contributed by atoms with Crippen molar-refractivity contribution in [3.8, 4) is 11.6 Å². The van der Waals surface area contributed by atoms with Crippen molar-refractivity contribution in [3.63, 3.8) is 0 Å². The lowest BCUT2D eigenvalue weighted by Crippen LogP contribution is -1.95. The van der Waals surface area contributed by atoms with E-state index in [1.165, 1.54) is 6.07 Å². The zero-order chi connectivity index (χ0) is 11.4. The van der Waals surface area contributed by atoms with Crippen molar-refractivity contribution in [2.24, 2.45) is 0 Å². The van der Waals surface area contributed by atoms with Crippen LogP contribution in [0.1, 0.15) is 5.56 Å². The van der Waals surface area contributed by atoms with Crippen molar-refractivity contribution >= 4 is 0 Å². The molecule has 0 aliphatic heterocycles. The summed E-state index contributed by atoms with van der Waals surface area (Å²) in [6.45, 7) is -0.313. The molecule has 1 heterocycles. The molecule has 16 heavy (non-hydrogen) atoms. The van der Waals surface area contributed by atoms with Gasteiger partial charge in [-0.15, -0.1) is 0 Å². The van der Waals surface area contributed by atoms with Gasteiger partial charge in [0.25, 0.3) is 0 Å². The highest BCUT2D eigenvalue weighted by molar-refractivity contribution is 5.31. The Morgan fingerprint density at radius 3 is 2.69 bits per heavy atom. The summed E-state index contributed by atoms with van der Waals surface area (Å²) in [5.41, 5.74) is 0.323. The Labute approximate surface area is 92.1 Å². The molecule has 0 atom stereocenters. The summed E-state index contributed by atoms with van der Waals surface area (Å²) in [5.74, 6) is 0.316. The Hall–Kier alpha value is -1.94. The van der Waals surface area contributed by atoms with Crippen molar-refractivity contribution < 1.29 is 14.2 Å². The highest BCUT2D eigenvalue weighted by Gasteiger charge is 2.07. The van der Waals surface area contributed by atoms with Crippen molar-refractivity contribution in [2.75, 3.05) is 0 Å². The van der Waals surface area contributed by atoms with Crippen molar-refractivity contribution in [2.45, 2.75) is 6.61 Å². The van der Waals surface area contributed by atoms with Crippen LogP contribution in [0.2, 0.25) is 0 Å². The lowest BCUT2D eigenvalue weighted by molar-refractivity contribution is 0.274. The van der Waals surface area contributed by atoms with Gasteiger partial charge in [0.2, 0.25) is 5.88 Å². The van der Waals surface area contributed by atoms with E-state index in [0.717, 1.165) is 6.20 Å². The van der Waals surface area contributed by atoms with Crippen LogP contribution in [0.15, 0.2) is 42.6 Å². The highest BCUT2D eigenvalue weighted by Crippen LogP contribution is 2.23. The summed E-state index contributed by atoms with van der Waals surface area (Å²) in [6.07, 6.45) is 1.05. The fourth-order valence-corrected chi connectivity index (χ4v) is 1.27. The van der Waals surface area contributed by atoms with Crippen LogP contribution in [-0.4, -0.2) is 10.1 Å². The molecule has 0 bridgehead atoms. The zero-order valence-corrected chi connectivity index (χ0v) is 8.43. The molecule has 0 spiro atoms. The van der Waals surface area contributed by atoms with Gasteiger partial charge in [0.1, 0.15) is 11.6 Å². The molecule has 0 unspecified atom stereocenters. The lowest BCUT2D eigenvalue weighted by atomic mass is 10.3. The van der Waals surface area contributed by atoms with Crippen LogP contribution in [-0.2, 0) is 6.61 Å². The molecule has 0 aliphatic rings. The van der Waals surface area contributed by atoms with Gasteiger partial charge >= 0.3 is 0 Å². The Morgan fingerprint density at radius 2 is 2.00 bits per heavy atom. The topological polar surface area (TPSA) is 42.4 Å². The first-order chi connectivity index (χ1) is 7.79. The minimum atomic E-state index is -0.496. The number of rotatable bonds is 3. The number of benzene rings is 1. The zero-order valence-electron chi connectivity index (χ0n) is 8.43. The summed E-state index contributed by atoms with van der Waals surface area (Å²) >= 11 is 0. The van der Waals surface area contributed by atoms with Crippen LogP contribution < -0.4 is 4.74 Å². The monoisotopic (exact) mass is 219 g/mol. The van der Waals surface area contributed by atoms with E-state index in [4.69, 9.17) is 9.84 Å². The number of para-hydroxylation sites is 1. The fourth-order valence-electron chi connectivity index (χ4n) is 1.27. The Kier molecular flexibility index (Phi) is 3.12. The van der Waals surface area contributed by atoms with Crippen molar-refractivity contribution in [1.82, 2.24) is 4.98 Å². The van der Waals surface area contributed by atoms with E-state index in [1.54, 1.807) is 12.1 Å². The molecule has 1 aromatic heterocycles. The van der Waals surface area contributed by atoms with E-state index in [9.17, 15) is 4.39 Å². The van der Waals surface area contributed by atoms with E-state index < -0.39 is 5.82 Å². The van der Waals surface area contributed by atoms with Gasteiger partial charge in [0, 0.05) is 5.56 Å². The average Bonchev–Trinajstić information content (AvgIpc) is 2.33. The maximum atomic E-state index is 12.8. The standard InChI is InChI=1S/C12H10FNO2/c13-10-6-9(8-15)12(14-7-10)16-11-4-2-1-3-5-11/h1-7,15H,8H2. The number of ether oxygens (including phenoxy) is 1. The summed E-state index contributed by atoms with van der Waals surface area (Å²) in [4.78, 5) is 3.79. The predicted octanol–water partition coefficient (Wildman–Crippen LogP) is 2.51. The number of aliphatic hydroxyl groups is 1. The number of halogens is 1. The molecule has 0 saturated carbocycles. The molecule has 4 heteroatoms. The largest absolute Gasteiger partial charge is 0.439 e. The number of nitrogens with zero attached hydrogens (tertiary/aromatic N) is 1. The van der Waals surface area contributed by atoms with Crippen LogP contribution in [0.5, 0.6) is 11.6 Å². The second kappa shape index (κ2) is 4.72. The number of pyridine rings is 1. The normalized spacial score (nSPS) is 10.1. The molecule has 1 aromatic carbocycles. The molecule has 2 rings (SSSR count). The second-order valence-electron chi connectivity index (χ2n) is 3.19. The maximum absolute atomic E-state index is 12.8. The van der Waals surface area contributed by atoms with Gasteiger partial charge in [-0.25, -0.2) is 9.37 Å². The smallest absolute Gasteiger partial charge is 0.224 e. The van der Waals surface area contributed by atoms with E-state index in [1.807, 2.05) is 18.2 Å². The molecular weight excluding hydrogens is 209 g/mol. The first kappa shape index (κ1) is 10.6. The fraction of sp³-hybridized carbons (Fsp3) is 0.0833. The van der Waals surface area contributed by atoms with E-state index in [-0.39, 0.29) is 12.5 Å². The third-order valence-electron chi connectivity index (χ3n) is 2.02. The van der Waals surface area contributed by atoms with Crippen LogP contribution in [0.3, 0.4) is 0 Å². The third kappa shape index (κ3) is 2.35. The Morgan fingerprint density at radius 1 is 1.25 bits per heavy atom. The van der Waals surface area contributed by atoms with Gasteiger partial charge in [-0.3, -0.25) is 0 Å². The lowest BCUT2D eigenvalue weighted by Gasteiger charge is -2.07. The third-order valence-corrected chi connectivity index (χ3v) is 2.02. The summed E-state index contributed by atoms with van der Waals surface area (Å²) in [6, 6.07) is 10.2. The Bertz CT molecular complexity index is 474. The molecule has 0 saturated heterocycles. The predicted molar refractivity (Wildman–Crippen MR) is 56.6 cm³/mol. The summed E-state index contributed by atoms with van der Waals surface area (Å²) in [5, 5.41) is 9.03. The molecule has 0 amide bonds. The van der Waals surface area contributed by atoms with Crippen molar-refractivity contribution in [1.29, 1.82) is 0 Å². The van der Waals surface area contributed by atoms with Gasteiger partial charge in [-0.1, -0.05) is 18.2 Å². The van der Waals surface area contributed by atoms with Crippen molar-refractivity contribution in [3.05, 3.63) is 54.0 Å². The van der Waals surface area contributed by atoms with E-state index in [0.29, 0.717) is 11.3 Å². The Balaban J connectivity index is 2.28. The molecule has 0 aliphatic carbocycles. The van der Waals surface area contributed by atoms with Crippen LogP contribution >= 0.6 is 0 Å². The first-order valence-corrected chi connectivity index (χ1v) is 4.78. The number of hydrogen-bond donors (Lipinski definition) is 1. The molecule has 0 fully saturated rings. The second-order valence-corrected chi connectivity index (χ2v) is 3.19. The first-order valence-electron chi connectivity index (χ1n) is 4.78. The number of aliphatic hydroxyl groups excluding tert-OH is 1. The molecule has 3 nitrogen and oxygen atoms in total.